The summed E-state index contributed by atoms with van der Waals surface area (Å²) in [7, 11) is 2.09. The molecular formula is C17H22N2. The highest BCUT2D eigenvalue weighted by Gasteiger charge is 2.06. The van der Waals surface area contributed by atoms with Crippen LogP contribution in [0.5, 0.6) is 0 Å². The Morgan fingerprint density at radius 3 is 2.42 bits per heavy atom. The van der Waals surface area contributed by atoms with Crippen LogP contribution in [0.4, 0.5) is 5.69 Å². The molecule has 2 rings (SSSR count). The van der Waals surface area contributed by atoms with E-state index in [4.69, 9.17) is 0 Å². The molecule has 0 N–H and O–H groups in total. The predicted molar refractivity (Wildman–Crippen MR) is 82.7 cm³/mol. The molecule has 2 nitrogen and oxygen atoms in total. The summed E-state index contributed by atoms with van der Waals surface area (Å²) in [5, 5.41) is 0. The minimum atomic E-state index is 0.493. The molecule has 0 unspecified atom stereocenters. The summed E-state index contributed by atoms with van der Waals surface area (Å²) in [5.74, 6) is 0.493. The van der Waals surface area contributed by atoms with E-state index >= 15 is 0 Å². The number of aliphatic imine (C=N–C) groups is 1. The molecule has 0 aliphatic rings. The summed E-state index contributed by atoms with van der Waals surface area (Å²) in [4.78, 5) is 4.67. The Morgan fingerprint density at radius 1 is 1.16 bits per heavy atom. The molecule has 0 aliphatic carbocycles. The molecule has 1 aromatic heterocycles. The standard InChI is InChI=1S/C17H22N2/c1-12(2)16-8-6-7-9-17(16)18-11-15-10-13(3)19(5)14(15)4/h6-12H,1-5H3. The normalized spacial score (nSPS) is 11.7. The SMILES string of the molecule is Cc1cc(C=Nc2ccccc2C(C)C)c(C)n1C. The number of benzene rings is 1. The third-order valence-electron chi connectivity index (χ3n) is 3.72. The molecule has 2 aromatic rings. The van der Waals surface area contributed by atoms with Crippen LogP contribution < -0.4 is 0 Å². The molecule has 2 heteroatoms. The molecule has 0 amide bonds. The Kier molecular flexibility index (Phi) is 3.89. The molecule has 0 atom stereocenters. The second-order valence-electron chi connectivity index (χ2n) is 5.36. The van der Waals surface area contributed by atoms with Gasteiger partial charge in [-0.15, -0.1) is 0 Å². The fourth-order valence-electron chi connectivity index (χ4n) is 2.25. The topological polar surface area (TPSA) is 17.3 Å². The number of aromatic nitrogens is 1. The third-order valence-corrected chi connectivity index (χ3v) is 3.72. The molecular weight excluding hydrogens is 232 g/mol. The number of hydrogen-bond acceptors (Lipinski definition) is 1. The van der Waals surface area contributed by atoms with E-state index in [0.717, 1.165) is 5.69 Å². The third kappa shape index (κ3) is 2.78. The average Bonchev–Trinajstić information content (AvgIpc) is 2.64. The molecule has 0 bridgehead atoms. The van der Waals surface area contributed by atoms with Crippen molar-refractivity contribution >= 4 is 11.9 Å². The second-order valence-corrected chi connectivity index (χ2v) is 5.36. The number of nitrogens with zero attached hydrogens (tertiary/aromatic N) is 2. The first-order valence-electron chi connectivity index (χ1n) is 6.76. The predicted octanol–water partition coefficient (Wildman–Crippen LogP) is 4.52. The first-order chi connectivity index (χ1) is 9.00. The number of hydrogen-bond donors (Lipinski definition) is 0. The Hall–Kier alpha value is -1.83. The number of para-hydroxylation sites is 1. The first-order valence-corrected chi connectivity index (χ1v) is 6.76. The number of rotatable bonds is 3. The van der Waals surface area contributed by atoms with Crippen molar-refractivity contribution in [1.82, 2.24) is 4.57 Å². The quantitative estimate of drug-likeness (QED) is 0.717. The van der Waals surface area contributed by atoms with Gasteiger partial charge in [-0.2, -0.15) is 0 Å². The molecule has 0 fully saturated rings. The van der Waals surface area contributed by atoms with Crippen molar-refractivity contribution in [3.8, 4) is 0 Å². The summed E-state index contributed by atoms with van der Waals surface area (Å²) in [6.07, 6.45) is 1.98. The summed E-state index contributed by atoms with van der Waals surface area (Å²) in [6.45, 7) is 8.65. The molecule has 1 heterocycles. The van der Waals surface area contributed by atoms with Gasteiger partial charge < -0.3 is 4.57 Å². The van der Waals surface area contributed by atoms with Crippen molar-refractivity contribution in [3.05, 3.63) is 52.8 Å². The van der Waals surface area contributed by atoms with Crippen LogP contribution >= 0.6 is 0 Å². The maximum Gasteiger partial charge on any atom is 0.0664 e. The molecule has 19 heavy (non-hydrogen) atoms. The monoisotopic (exact) mass is 254 g/mol. The van der Waals surface area contributed by atoms with Crippen LogP contribution in [0.2, 0.25) is 0 Å². The van der Waals surface area contributed by atoms with Gasteiger partial charge in [0.25, 0.3) is 0 Å². The van der Waals surface area contributed by atoms with E-state index in [1.54, 1.807) is 0 Å². The Balaban J connectivity index is 2.35. The van der Waals surface area contributed by atoms with E-state index < -0.39 is 0 Å². The highest BCUT2D eigenvalue weighted by atomic mass is 14.9. The van der Waals surface area contributed by atoms with Gasteiger partial charge in [0.2, 0.25) is 0 Å². The van der Waals surface area contributed by atoms with E-state index in [2.05, 4.69) is 68.6 Å². The fourth-order valence-corrected chi connectivity index (χ4v) is 2.25. The lowest BCUT2D eigenvalue weighted by Crippen LogP contribution is -1.94. The van der Waals surface area contributed by atoms with Crippen LogP contribution in [0.1, 0.15) is 42.3 Å². The Morgan fingerprint density at radius 2 is 1.84 bits per heavy atom. The lowest BCUT2D eigenvalue weighted by atomic mass is 10.0. The van der Waals surface area contributed by atoms with Gasteiger partial charge in [-0.05, 0) is 37.5 Å². The van der Waals surface area contributed by atoms with E-state index in [1.807, 2.05) is 12.3 Å². The zero-order valence-electron chi connectivity index (χ0n) is 12.4. The highest BCUT2D eigenvalue weighted by Crippen LogP contribution is 2.26. The van der Waals surface area contributed by atoms with Crippen LogP contribution in [0.15, 0.2) is 35.3 Å². The minimum absolute atomic E-state index is 0.493. The summed E-state index contributed by atoms with van der Waals surface area (Å²) in [5.41, 5.74) is 6.07. The van der Waals surface area contributed by atoms with Gasteiger partial charge in [0.05, 0.1) is 5.69 Å². The largest absolute Gasteiger partial charge is 0.352 e. The molecule has 100 valence electrons. The van der Waals surface area contributed by atoms with E-state index in [0.29, 0.717) is 5.92 Å². The molecule has 1 aromatic carbocycles. The summed E-state index contributed by atoms with van der Waals surface area (Å²) >= 11 is 0. The Bertz CT molecular complexity index is 604. The van der Waals surface area contributed by atoms with Gasteiger partial charge in [0.1, 0.15) is 0 Å². The van der Waals surface area contributed by atoms with E-state index in [-0.39, 0.29) is 0 Å². The lowest BCUT2D eigenvalue weighted by molar-refractivity contribution is 0.843. The molecule has 0 aliphatic heterocycles. The van der Waals surface area contributed by atoms with Crippen molar-refractivity contribution in [2.24, 2.45) is 12.0 Å². The van der Waals surface area contributed by atoms with Gasteiger partial charge in [0, 0.05) is 30.2 Å². The van der Waals surface area contributed by atoms with Gasteiger partial charge >= 0.3 is 0 Å². The van der Waals surface area contributed by atoms with Crippen molar-refractivity contribution in [2.45, 2.75) is 33.6 Å². The van der Waals surface area contributed by atoms with Crippen LogP contribution in [-0.4, -0.2) is 10.8 Å². The zero-order valence-corrected chi connectivity index (χ0v) is 12.4. The maximum absolute atomic E-state index is 4.67. The minimum Gasteiger partial charge on any atom is -0.352 e. The average molecular weight is 254 g/mol. The first kappa shape index (κ1) is 13.6. The molecule has 0 saturated carbocycles. The summed E-state index contributed by atoms with van der Waals surface area (Å²) in [6, 6.07) is 10.5. The Labute approximate surface area is 115 Å². The van der Waals surface area contributed by atoms with Gasteiger partial charge in [-0.1, -0.05) is 32.0 Å². The maximum atomic E-state index is 4.67. The van der Waals surface area contributed by atoms with Crippen LogP contribution in [0, 0.1) is 13.8 Å². The number of aryl methyl sites for hydroxylation is 1. The van der Waals surface area contributed by atoms with Gasteiger partial charge in [0.15, 0.2) is 0 Å². The van der Waals surface area contributed by atoms with Crippen molar-refractivity contribution < 1.29 is 0 Å². The molecule has 0 spiro atoms. The van der Waals surface area contributed by atoms with Crippen LogP contribution in [-0.2, 0) is 7.05 Å². The summed E-state index contributed by atoms with van der Waals surface area (Å²) < 4.78 is 2.19. The zero-order chi connectivity index (χ0) is 14.0. The van der Waals surface area contributed by atoms with Crippen LogP contribution in [0.25, 0.3) is 0 Å². The van der Waals surface area contributed by atoms with Gasteiger partial charge in [-0.25, -0.2) is 0 Å². The second kappa shape index (κ2) is 5.43. The molecule has 0 saturated heterocycles. The van der Waals surface area contributed by atoms with E-state index in [9.17, 15) is 0 Å². The lowest BCUT2D eigenvalue weighted by Gasteiger charge is -2.08. The van der Waals surface area contributed by atoms with Gasteiger partial charge in [-0.3, -0.25) is 4.99 Å². The van der Waals surface area contributed by atoms with Crippen molar-refractivity contribution in [1.29, 1.82) is 0 Å². The molecule has 0 radical (unpaired) electrons. The van der Waals surface area contributed by atoms with E-state index in [1.165, 1.54) is 22.5 Å². The van der Waals surface area contributed by atoms with Crippen molar-refractivity contribution in [2.75, 3.05) is 0 Å². The van der Waals surface area contributed by atoms with Crippen molar-refractivity contribution in [3.63, 3.8) is 0 Å². The van der Waals surface area contributed by atoms with Crippen LogP contribution in [0.3, 0.4) is 0 Å². The highest BCUT2D eigenvalue weighted by molar-refractivity contribution is 5.84. The smallest absolute Gasteiger partial charge is 0.0664 e. The fraction of sp³-hybridized carbons (Fsp3) is 0.353.